The van der Waals surface area contributed by atoms with Crippen molar-refractivity contribution < 1.29 is 4.39 Å². The van der Waals surface area contributed by atoms with Crippen LogP contribution in [-0.4, -0.2) is 13.6 Å². The first-order chi connectivity index (χ1) is 10.1. The molecule has 0 bridgehead atoms. The van der Waals surface area contributed by atoms with Gasteiger partial charge in [0.05, 0.1) is 0 Å². The van der Waals surface area contributed by atoms with Gasteiger partial charge < -0.3 is 5.32 Å². The molecule has 1 nitrogen and oxygen atoms in total. The van der Waals surface area contributed by atoms with Crippen molar-refractivity contribution >= 4 is 11.6 Å². The molecule has 0 spiro atoms. The van der Waals surface area contributed by atoms with E-state index in [0.717, 1.165) is 18.5 Å². The Morgan fingerprint density at radius 3 is 2.62 bits per heavy atom. The Balaban J connectivity index is 2.11. The maximum absolute atomic E-state index is 13.9. The highest BCUT2D eigenvalue weighted by Crippen LogP contribution is 2.20. The topological polar surface area (TPSA) is 12.0 Å². The van der Waals surface area contributed by atoms with Crippen molar-refractivity contribution in [2.24, 2.45) is 5.92 Å². The van der Waals surface area contributed by atoms with Crippen molar-refractivity contribution in [3.63, 3.8) is 0 Å². The molecule has 1 atom stereocenters. The van der Waals surface area contributed by atoms with Gasteiger partial charge in [0, 0.05) is 5.02 Å². The Hall–Kier alpha value is -1.38. The number of nitrogens with one attached hydrogen (secondary N) is 1. The summed E-state index contributed by atoms with van der Waals surface area (Å²) in [4.78, 5) is 0. The number of hydrogen-bond donors (Lipinski definition) is 1. The number of rotatable bonds is 6. The van der Waals surface area contributed by atoms with Crippen LogP contribution in [0.5, 0.6) is 0 Å². The van der Waals surface area contributed by atoms with Crippen molar-refractivity contribution in [3.05, 3.63) is 70.0 Å². The Kier molecular flexibility index (Phi) is 5.77. The van der Waals surface area contributed by atoms with Crippen LogP contribution in [0.15, 0.2) is 42.5 Å². The minimum atomic E-state index is -0.215. The fourth-order valence-electron chi connectivity index (χ4n) is 2.68. The second-order valence-corrected chi connectivity index (χ2v) is 5.99. The molecule has 3 heteroatoms. The molecule has 0 saturated heterocycles. The average molecular weight is 306 g/mol. The van der Waals surface area contributed by atoms with Crippen molar-refractivity contribution in [2.75, 3.05) is 13.6 Å². The molecule has 21 heavy (non-hydrogen) atoms. The first kappa shape index (κ1) is 16.0. The molecular weight excluding hydrogens is 285 g/mol. The maximum Gasteiger partial charge on any atom is 0.127 e. The summed E-state index contributed by atoms with van der Waals surface area (Å²) in [6.45, 7) is 2.95. The lowest BCUT2D eigenvalue weighted by Gasteiger charge is -2.17. The van der Waals surface area contributed by atoms with E-state index in [4.69, 9.17) is 11.6 Å². The van der Waals surface area contributed by atoms with Crippen LogP contribution in [0.3, 0.4) is 0 Å². The van der Waals surface area contributed by atoms with E-state index in [2.05, 4.69) is 36.5 Å². The number of hydrogen-bond acceptors (Lipinski definition) is 1. The molecule has 2 aromatic rings. The van der Waals surface area contributed by atoms with Crippen molar-refractivity contribution in [2.45, 2.75) is 19.8 Å². The largest absolute Gasteiger partial charge is 0.319 e. The molecular formula is C18H21ClFN. The fraction of sp³-hybridized carbons (Fsp3) is 0.333. The van der Waals surface area contributed by atoms with Crippen molar-refractivity contribution in [1.29, 1.82) is 0 Å². The third-order valence-electron chi connectivity index (χ3n) is 3.62. The molecule has 1 N–H and O–H groups in total. The van der Waals surface area contributed by atoms with Gasteiger partial charge in [-0.15, -0.1) is 0 Å². The van der Waals surface area contributed by atoms with E-state index in [1.165, 1.54) is 17.2 Å². The van der Waals surface area contributed by atoms with Gasteiger partial charge in [-0.05, 0) is 62.5 Å². The average Bonchev–Trinajstić information content (AvgIpc) is 2.42. The van der Waals surface area contributed by atoms with Gasteiger partial charge in [0.2, 0.25) is 0 Å². The maximum atomic E-state index is 13.9. The normalized spacial score (nSPS) is 12.4. The standard InChI is InChI=1S/C18H21ClFN/c1-13-4-3-5-14(8-13)9-15(12-21-2)10-16-6-7-17(19)11-18(16)20/h3-8,11,15,21H,9-10,12H2,1-2H3. The molecule has 112 valence electrons. The van der Waals surface area contributed by atoms with E-state index in [-0.39, 0.29) is 5.82 Å². The van der Waals surface area contributed by atoms with Crippen LogP contribution >= 0.6 is 11.6 Å². The van der Waals surface area contributed by atoms with Gasteiger partial charge in [-0.2, -0.15) is 0 Å². The molecule has 2 aromatic carbocycles. The molecule has 0 radical (unpaired) electrons. The van der Waals surface area contributed by atoms with Crippen LogP contribution < -0.4 is 5.32 Å². The molecule has 1 unspecified atom stereocenters. The summed E-state index contributed by atoms with van der Waals surface area (Å²) in [6, 6.07) is 13.4. The summed E-state index contributed by atoms with van der Waals surface area (Å²) in [6.07, 6.45) is 1.64. The van der Waals surface area contributed by atoms with E-state index in [9.17, 15) is 4.39 Å². The second kappa shape index (κ2) is 7.58. The van der Waals surface area contributed by atoms with Crippen LogP contribution in [-0.2, 0) is 12.8 Å². The second-order valence-electron chi connectivity index (χ2n) is 5.56. The molecule has 0 heterocycles. The van der Waals surface area contributed by atoms with E-state index in [1.807, 2.05) is 7.05 Å². The Morgan fingerprint density at radius 1 is 1.14 bits per heavy atom. The minimum absolute atomic E-state index is 0.215. The van der Waals surface area contributed by atoms with Gasteiger partial charge >= 0.3 is 0 Å². The van der Waals surface area contributed by atoms with E-state index < -0.39 is 0 Å². The Bertz CT molecular complexity index is 598. The minimum Gasteiger partial charge on any atom is -0.319 e. The Morgan fingerprint density at radius 2 is 1.95 bits per heavy atom. The van der Waals surface area contributed by atoms with Crippen LogP contribution in [0.25, 0.3) is 0 Å². The summed E-state index contributed by atoms with van der Waals surface area (Å²) in [7, 11) is 1.93. The van der Waals surface area contributed by atoms with E-state index >= 15 is 0 Å². The number of aryl methyl sites for hydroxylation is 1. The summed E-state index contributed by atoms with van der Waals surface area (Å²) >= 11 is 5.81. The molecule has 0 aliphatic rings. The zero-order chi connectivity index (χ0) is 15.2. The van der Waals surface area contributed by atoms with Gasteiger partial charge in [0.1, 0.15) is 5.82 Å². The first-order valence-corrected chi connectivity index (χ1v) is 7.60. The Labute approximate surface area is 131 Å². The lowest BCUT2D eigenvalue weighted by molar-refractivity contribution is 0.480. The monoisotopic (exact) mass is 305 g/mol. The van der Waals surface area contributed by atoms with E-state index in [0.29, 0.717) is 17.4 Å². The van der Waals surface area contributed by atoms with E-state index in [1.54, 1.807) is 12.1 Å². The summed E-state index contributed by atoms with van der Waals surface area (Å²) in [5.41, 5.74) is 3.28. The summed E-state index contributed by atoms with van der Waals surface area (Å²) < 4.78 is 13.9. The van der Waals surface area contributed by atoms with Gasteiger partial charge in [-0.3, -0.25) is 0 Å². The van der Waals surface area contributed by atoms with Gasteiger partial charge in [0.25, 0.3) is 0 Å². The molecule has 0 amide bonds. The van der Waals surface area contributed by atoms with Crippen molar-refractivity contribution in [3.8, 4) is 0 Å². The predicted molar refractivity (Wildman–Crippen MR) is 87.4 cm³/mol. The SMILES string of the molecule is CNCC(Cc1cccc(C)c1)Cc1ccc(Cl)cc1F. The summed E-state index contributed by atoms with van der Waals surface area (Å²) in [5, 5.41) is 3.65. The zero-order valence-electron chi connectivity index (χ0n) is 12.5. The molecule has 0 fully saturated rings. The third-order valence-corrected chi connectivity index (χ3v) is 3.86. The third kappa shape index (κ3) is 4.83. The highest BCUT2D eigenvalue weighted by Gasteiger charge is 2.13. The van der Waals surface area contributed by atoms with Crippen LogP contribution in [0.2, 0.25) is 5.02 Å². The quantitative estimate of drug-likeness (QED) is 0.833. The molecule has 2 rings (SSSR count). The number of halogens is 2. The van der Waals surface area contributed by atoms with Crippen LogP contribution in [0, 0.1) is 18.7 Å². The lowest BCUT2D eigenvalue weighted by atomic mass is 9.91. The summed E-state index contributed by atoms with van der Waals surface area (Å²) in [5.74, 6) is 0.139. The van der Waals surface area contributed by atoms with Gasteiger partial charge in [-0.25, -0.2) is 4.39 Å². The van der Waals surface area contributed by atoms with Gasteiger partial charge in [0.15, 0.2) is 0 Å². The smallest absolute Gasteiger partial charge is 0.127 e. The lowest BCUT2D eigenvalue weighted by Crippen LogP contribution is -2.23. The fourth-order valence-corrected chi connectivity index (χ4v) is 2.83. The zero-order valence-corrected chi connectivity index (χ0v) is 13.3. The highest BCUT2D eigenvalue weighted by atomic mass is 35.5. The molecule has 0 saturated carbocycles. The predicted octanol–water partition coefficient (Wildman–Crippen LogP) is 4.41. The molecule has 0 aliphatic heterocycles. The first-order valence-electron chi connectivity index (χ1n) is 7.22. The van der Waals surface area contributed by atoms with Crippen molar-refractivity contribution in [1.82, 2.24) is 5.32 Å². The number of benzene rings is 2. The van der Waals surface area contributed by atoms with Crippen LogP contribution in [0.1, 0.15) is 16.7 Å². The van der Waals surface area contributed by atoms with Crippen LogP contribution in [0.4, 0.5) is 4.39 Å². The highest BCUT2D eigenvalue weighted by molar-refractivity contribution is 6.30. The molecule has 0 aliphatic carbocycles. The van der Waals surface area contributed by atoms with Gasteiger partial charge in [-0.1, -0.05) is 47.5 Å². The molecule has 0 aromatic heterocycles.